The van der Waals surface area contributed by atoms with Crippen LogP contribution in [0.1, 0.15) is 33.7 Å². The molecular formula is C26H29FN2O3S2. The predicted molar refractivity (Wildman–Crippen MR) is 133 cm³/mol. The zero-order valence-corrected chi connectivity index (χ0v) is 20.9. The first-order valence-electron chi connectivity index (χ1n) is 11.4. The van der Waals surface area contributed by atoms with Crippen LogP contribution in [0, 0.1) is 12.7 Å². The Labute approximate surface area is 207 Å². The number of benzene rings is 1. The van der Waals surface area contributed by atoms with Gasteiger partial charge in [-0.2, -0.15) is 0 Å². The minimum absolute atomic E-state index is 0.00428. The summed E-state index contributed by atoms with van der Waals surface area (Å²) in [7, 11) is 0. The third-order valence-electron chi connectivity index (χ3n) is 5.97. The van der Waals surface area contributed by atoms with Crippen LogP contribution < -0.4 is 0 Å². The van der Waals surface area contributed by atoms with Crippen molar-refractivity contribution in [2.24, 2.45) is 0 Å². The van der Waals surface area contributed by atoms with Crippen molar-refractivity contribution in [3.05, 3.63) is 79.9 Å². The molecule has 180 valence electrons. The van der Waals surface area contributed by atoms with Gasteiger partial charge in [-0.05, 0) is 65.9 Å². The van der Waals surface area contributed by atoms with Gasteiger partial charge in [-0.15, -0.1) is 22.7 Å². The number of amides is 2. The Balaban J connectivity index is 1.51. The first-order valence-corrected chi connectivity index (χ1v) is 13.2. The van der Waals surface area contributed by atoms with Gasteiger partial charge in [-0.1, -0.05) is 18.2 Å². The SMILES string of the molecule is Cc1ccsc1CN(Cc1ccc(F)cc1)C(=O)CN(CC1CCCO1)C(=O)Cc1cccs1. The zero-order chi connectivity index (χ0) is 23.9. The Bertz CT molecular complexity index is 1080. The lowest BCUT2D eigenvalue weighted by Gasteiger charge is -2.29. The summed E-state index contributed by atoms with van der Waals surface area (Å²) in [6.07, 6.45) is 2.11. The summed E-state index contributed by atoms with van der Waals surface area (Å²) >= 11 is 3.15. The largest absolute Gasteiger partial charge is 0.376 e. The molecule has 1 aliphatic heterocycles. The second-order valence-electron chi connectivity index (χ2n) is 8.57. The van der Waals surface area contributed by atoms with E-state index >= 15 is 0 Å². The summed E-state index contributed by atoms with van der Waals surface area (Å²) in [6, 6.07) is 12.1. The summed E-state index contributed by atoms with van der Waals surface area (Å²) in [5, 5.41) is 3.96. The molecule has 0 N–H and O–H groups in total. The molecule has 1 aromatic carbocycles. The maximum atomic E-state index is 13.6. The van der Waals surface area contributed by atoms with Crippen LogP contribution in [0.15, 0.2) is 53.2 Å². The van der Waals surface area contributed by atoms with Crippen LogP contribution in [0.5, 0.6) is 0 Å². The molecule has 0 spiro atoms. The molecule has 3 heterocycles. The highest BCUT2D eigenvalue weighted by atomic mass is 32.1. The van der Waals surface area contributed by atoms with E-state index in [9.17, 15) is 14.0 Å². The topological polar surface area (TPSA) is 49.9 Å². The monoisotopic (exact) mass is 500 g/mol. The second kappa shape index (κ2) is 11.7. The third kappa shape index (κ3) is 6.74. The number of thiophene rings is 2. The molecule has 1 aliphatic rings. The number of rotatable bonds is 10. The Kier molecular flexibility index (Phi) is 8.48. The fourth-order valence-corrected chi connectivity index (χ4v) is 5.62. The van der Waals surface area contributed by atoms with Crippen LogP contribution >= 0.6 is 22.7 Å². The summed E-state index contributed by atoms with van der Waals surface area (Å²) in [5.74, 6) is -0.507. The van der Waals surface area contributed by atoms with E-state index in [0.29, 0.717) is 26.2 Å². The van der Waals surface area contributed by atoms with Crippen LogP contribution in [0.2, 0.25) is 0 Å². The van der Waals surface area contributed by atoms with Crippen LogP contribution in [0.4, 0.5) is 4.39 Å². The second-order valence-corrected chi connectivity index (χ2v) is 10.6. The third-order valence-corrected chi connectivity index (χ3v) is 7.86. The van der Waals surface area contributed by atoms with Crippen molar-refractivity contribution in [2.45, 2.75) is 45.4 Å². The Hall–Kier alpha value is -2.55. The number of ether oxygens (including phenoxy) is 1. The molecule has 2 aromatic heterocycles. The molecule has 5 nitrogen and oxygen atoms in total. The van der Waals surface area contributed by atoms with Crippen molar-refractivity contribution >= 4 is 34.5 Å². The molecule has 1 unspecified atom stereocenters. The molecule has 0 aliphatic carbocycles. The van der Waals surface area contributed by atoms with Crippen LogP contribution in [-0.4, -0.2) is 47.4 Å². The number of carbonyl (C=O) groups excluding carboxylic acids is 2. The molecule has 0 radical (unpaired) electrons. The van der Waals surface area contributed by atoms with Crippen molar-refractivity contribution in [2.75, 3.05) is 19.7 Å². The zero-order valence-electron chi connectivity index (χ0n) is 19.2. The Morgan fingerprint density at radius 3 is 2.50 bits per heavy atom. The van der Waals surface area contributed by atoms with Gasteiger partial charge < -0.3 is 14.5 Å². The first kappa shape index (κ1) is 24.6. The number of halogens is 1. The fourth-order valence-electron chi connectivity index (χ4n) is 4.01. The standard InChI is InChI=1S/C26H29FN2O3S2/c1-19-10-13-34-24(19)17-28(15-20-6-8-21(27)9-7-20)26(31)18-29(16-22-4-2-11-32-22)25(30)14-23-5-3-12-33-23/h3,5-10,12-13,22H,2,4,11,14-18H2,1H3. The van der Waals surface area contributed by atoms with Gasteiger partial charge in [0.15, 0.2) is 0 Å². The van der Waals surface area contributed by atoms with Crippen molar-refractivity contribution in [1.82, 2.24) is 9.80 Å². The van der Waals surface area contributed by atoms with E-state index in [1.165, 1.54) is 12.1 Å². The minimum atomic E-state index is -0.308. The Morgan fingerprint density at radius 1 is 1.03 bits per heavy atom. The van der Waals surface area contributed by atoms with E-state index in [0.717, 1.165) is 33.7 Å². The highest BCUT2D eigenvalue weighted by Crippen LogP contribution is 2.21. The van der Waals surface area contributed by atoms with Crippen molar-refractivity contribution in [3.63, 3.8) is 0 Å². The van der Waals surface area contributed by atoms with E-state index in [2.05, 4.69) is 0 Å². The van der Waals surface area contributed by atoms with Crippen LogP contribution in [0.25, 0.3) is 0 Å². The van der Waals surface area contributed by atoms with Crippen LogP contribution in [0.3, 0.4) is 0 Å². The van der Waals surface area contributed by atoms with E-state index in [1.807, 2.05) is 35.9 Å². The number of hydrogen-bond donors (Lipinski definition) is 0. The summed E-state index contributed by atoms with van der Waals surface area (Å²) in [6.45, 7) is 3.94. The van der Waals surface area contributed by atoms with Gasteiger partial charge >= 0.3 is 0 Å². The average molecular weight is 501 g/mol. The lowest BCUT2D eigenvalue weighted by molar-refractivity contribution is -0.142. The van der Waals surface area contributed by atoms with Crippen molar-refractivity contribution in [3.8, 4) is 0 Å². The predicted octanol–water partition coefficient (Wildman–Crippen LogP) is 5.04. The van der Waals surface area contributed by atoms with E-state index < -0.39 is 0 Å². The maximum Gasteiger partial charge on any atom is 0.242 e. The van der Waals surface area contributed by atoms with E-state index in [4.69, 9.17) is 4.74 Å². The highest BCUT2D eigenvalue weighted by Gasteiger charge is 2.27. The molecule has 1 atom stereocenters. The lowest BCUT2D eigenvalue weighted by atomic mass is 10.2. The summed E-state index contributed by atoms with van der Waals surface area (Å²) in [5.41, 5.74) is 1.98. The molecular weight excluding hydrogens is 471 g/mol. The summed E-state index contributed by atoms with van der Waals surface area (Å²) < 4.78 is 19.2. The van der Waals surface area contributed by atoms with Crippen molar-refractivity contribution in [1.29, 1.82) is 0 Å². The molecule has 0 bridgehead atoms. The average Bonchev–Trinajstić information content (AvgIpc) is 3.59. The van der Waals surface area contributed by atoms with Gasteiger partial charge in [0.25, 0.3) is 0 Å². The quantitative estimate of drug-likeness (QED) is 0.392. The number of carbonyl (C=O) groups is 2. The Morgan fingerprint density at radius 2 is 1.85 bits per heavy atom. The number of nitrogens with zero attached hydrogens (tertiary/aromatic N) is 2. The van der Waals surface area contributed by atoms with Gasteiger partial charge in [-0.25, -0.2) is 4.39 Å². The van der Waals surface area contributed by atoms with E-state index in [-0.39, 0.29) is 36.7 Å². The molecule has 1 saturated heterocycles. The van der Waals surface area contributed by atoms with Gasteiger partial charge in [-0.3, -0.25) is 9.59 Å². The molecule has 3 aromatic rings. The molecule has 2 amide bonds. The highest BCUT2D eigenvalue weighted by molar-refractivity contribution is 7.10. The van der Waals surface area contributed by atoms with Crippen molar-refractivity contribution < 1.29 is 18.7 Å². The van der Waals surface area contributed by atoms with Gasteiger partial charge in [0.1, 0.15) is 5.82 Å². The van der Waals surface area contributed by atoms with Gasteiger partial charge in [0, 0.05) is 29.5 Å². The lowest BCUT2D eigenvalue weighted by Crippen LogP contribution is -2.45. The molecule has 0 saturated carbocycles. The normalized spacial score (nSPS) is 15.4. The van der Waals surface area contributed by atoms with Gasteiger partial charge in [0.05, 0.1) is 25.6 Å². The number of aryl methyl sites for hydroxylation is 1. The van der Waals surface area contributed by atoms with E-state index in [1.54, 1.807) is 44.6 Å². The molecule has 34 heavy (non-hydrogen) atoms. The molecule has 4 rings (SSSR count). The minimum Gasteiger partial charge on any atom is -0.376 e. The molecule has 1 fully saturated rings. The first-order chi connectivity index (χ1) is 16.5. The molecule has 8 heteroatoms. The smallest absolute Gasteiger partial charge is 0.242 e. The fraction of sp³-hybridized carbons (Fsp3) is 0.385. The van der Waals surface area contributed by atoms with Crippen LogP contribution in [-0.2, 0) is 33.8 Å². The van der Waals surface area contributed by atoms with Gasteiger partial charge in [0.2, 0.25) is 11.8 Å². The summed E-state index contributed by atoms with van der Waals surface area (Å²) in [4.78, 5) is 32.2. The number of hydrogen-bond acceptors (Lipinski definition) is 5. The maximum absolute atomic E-state index is 13.6.